The number of sulfonamides is 1. The van der Waals surface area contributed by atoms with Crippen molar-refractivity contribution < 1.29 is 31.5 Å². The average Bonchev–Trinajstić information content (AvgIpc) is 2.70. The van der Waals surface area contributed by atoms with Gasteiger partial charge in [-0.2, -0.15) is 8.78 Å². The standard InChI is InChI=1S/C22H26F2N2O5S/c1-15-6-12-18(13-7-15)32(28,29)25-26(21(27)31-22(2,3)4)14-19(20(23)24)16-8-10-17(30-5)11-9-16/h6-13,25H,14H2,1-5H3. The molecule has 0 bridgehead atoms. The molecule has 0 saturated heterocycles. The third kappa shape index (κ3) is 7.03. The fraction of sp³-hybridized carbons (Fsp3) is 0.318. The van der Waals surface area contributed by atoms with Crippen LogP contribution in [0.5, 0.6) is 5.75 Å². The van der Waals surface area contributed by atoms with Gasteiger partial charge >= 0.3 is 6.09 Å². The van der Waals surface area contributed by atoms with Crippen LogP contribution in [0, 0.1) is 6.92 Å². The molecule has 1 N–H and O–H groups in total. The molecular formula is C22H26F2N2O5S. The molecule has 0 aliphatic carbocycles. The van der Waals surface area contributed by atoms with Gasteiger partial charge in [-0.25, -0.2) is 18.2 Å². The highest BCUT2D eigenvalue weighted by Crippen LogP contribution is 2.25. The first-order valence-corrected chi connectivity index (χ1v) is 11.1. The molecule has 0 heterocycles. The number of nitrogens with zero attached hydrogens (tertiary/aromatic N) is 1. The third-order valence-corrected chi connectivity index (χ3v) is 5.51. The lowest BCUT2D eigenvalue weighted by Gasteiger charge is -2.28. The van der Waals surface area contributed by atoms with Gasteiger partial charge in [0.2, 0.25) is 0 Å². The minimum Gasteiger partial charge on any atom is -0.497 e. The summed E-state index contributed by atoms with van der Waals surface area (Å²) in [6.07, 6.45) is -3.20. The van der Waals surface area contributed by atoms with E-state index in [2.05, 4.69) is 4.83 Å². The van der Waals surface area contributed by atoms with Crippen LogP contribution in [-0.2, 0) is 14.8 Å². The maximum atomic E-state index is 13.8. The average molecular weight is 469 g/mol. The number of methoxy groups -OCH3 is 1. The van der Waals surface area contributed by atoms with Crippen LogP contribution in [0.25, 0.3) is 5.57 Å². The molecule has 2 rings (SSSR count). The fourth-order valence-electron chi connectivity index (χ4n) is 2.58. The Morgan fingerprint density at radius 1 is 1.03 bits per heavy atom. The Labute approximate surface area is 186 Å². The molecule has 10 heteroatoms. The Hall–Kier alpha value is -2.98. The molecule has 0 radical (unpaired) electrons. The van der Waals surface area contributed by atoms with E-state index in [4.69, 9.17) is 9.47 Å². The predicted molar refractivity (Wildman–Crippen MR) is 117 cm³/mol. The molecule has 0 fully saturated rings. The summed E-state index contributed by atoms with van der Waals surface area (Å²) in [6.45, 7) is 5.75. The number of aryl methyl sites for hydroxylation is 1. The number of amides is 1. The molecule has 2 aromatic carbocycles. The van der Waals surface area contributed by atoms with Crippen LogP contribution in [0.3, 0.4) is 0 Å². The normalized spacial score (nSPS) is 11.6. The summed E-state index contributed by atoms with van der Waals surface area (Å²) < 4.78 is 63.5. The van der Waals surface area contributed by atoms with Gasteiger partial charge in [-0.1, -0.05) is 29.8 Å². The van der Waals surface area contributed by atoms with Crippen molar-refractivity contribution in [1.29, 1.82) is 0 Å². The Morgan fingerprint density at radius 2 is 1.59 bits per heavy atom. The van der Waals surface area contributed by atoms with Crippen molar-refractivity contribution in [3.05, 3.63) is 65.7 Å². The number of hydrogen-bond acceptors (Lipinski definition) is 5. The van der Waals surface area contributed by atoms with Gasteiger partial charge in [-0.3, -0.25) is 0 Å². The van der Waals surface area contributed by atoms with Crippen molar-refractivity contribution >= 4 is 21.7 Å². The Bertz CT molecular complexity index is 1070. The molecule has 0 unspecified atom stereocenters. The van der Waals surface area contributed by atoms with Crippen molar-refractivity contribution in [1.82, 2.24) is 9.84 Å². The summed E-state index contributed by atoms with van der Waals surface area (Å²) in [5, 5.41) is 0.513. The van der Waals surface area contributed by atoms with Gasteiger partial charge in [-0.15, -0.1) is 4.83 Å². The first-order chi connectivity index (χ1) is 14.8. The molecule has 1 amide bonds. The molecule has 2 aromatic rings. The smallest absolute Gasteiger partial charge is 0.425 e. The number of hydrogen-bond donors (Lipinski definition) is 1. The minimum atomic E-state index is -4.25. The molecule has 32 heavy (non-hydrogen) atoms. The van der Waals surface area contributed by atoms with Crippen molar-refractivity contribution in [2.24, 2.45) is 0 Å². The van der Waals surface area contributed by atoms with E-state index in [0.717, 1.165) is 5.56 Å². The maximum absolute atomic E-state index is 13.8. The van der Waals surface area contributed by atoms with E-state index in [9.17, 15) is 22.0 Å². The van der Waals surface area contributed by atoms with Crippen molar-refractivity contribution in [3.63, 3.8) is 0 Å². The zero-order chi connectivity index (χ0) is 24.1. The minimum absolute atomic E-state index is 0.0916. The van der Waals surface area contributed by atoms with Gasteiger partial charge in [-0.05, 0) is 57.5 Å². The van der Waals surface area contributed by atoms with E-state index < -0.39 is 39.9 Å². The molecule has 0 saturated carbocycles. The first-order valence-electron chi connectivity index (χ1n) is 9.60. The lowest BCUT2D eigenvalue weighted by molar-refractivity contribution is 0.0231. The topological polar surface area (TPSA) is 84.9 Å². The Balaban J connectivity index is 2.42. The lowest BCUT2D eigenvalue weighted by Crippen LogP contribution is -2.48. The summed E-state index contributed by atoms with van der Waals surface area (Å²) in [5.74, 6) is 0.455. The van der Waals surface area contributed by atoms with Crippen LogP contribution in [0.1, 0.15) is 31.9 Å². The number of halogens is 2. The number of carbonyl (C=O) groups is 1. The van der Waals surface area contributed by atoms with E-state index in [1.807, 2.05) is 0 Å². The van der Waals surface area contributed by atoms with Crippen molar-refractivity contribution in [2.75, 3.05) is 13.7 Å². The zero-order valence-corrected chi connectivity index (χ0v) is 19.3. The maximum Gasteiger partial charge on any atom is 0.425 e. The molecule has 174 valence electrons. The van der Waals surface area contributed by atoms with Gasteiger partial charge in [0.15, 0.2) is 0 Å². The highest BCUT2D eigenvalue weighted by molar-refractivity contribution is 7.89. The molecule has 7 nitrogen and oxygen atoms in total. The fourth-order valence-corrected chi connectivity index (χ4v) is 3.61. The molecule has 0 atom stereocenters. The largest absolute Gasteiger partial charge is 0.497 e. The van der Waals surface area contributed by atoms with E-state index in [-0.39, 0.29) is 10.5 Å². The molecule has 0 spiro atoms. The van der Waals surface area contributed by atoms with Gasteiger partial charge in [0.25, 0.3) is 16.1 Å². The SMILES string of the molecule is COc1ccc(C(CN(NS(=O)(=O)c2ccc(C)cc2)C(=O)OC(C)(C)C)=C(F)F)cc1. The predicted octanol–water partition coefficient (Wildman–Crippen LogP) is 4.74. The molecular weight excluding hydrogens is 442 g/mol. The van der Waals surface area contributed by atoms with E-state index in [0.29, 0.717) is 10.8 Å². The zero-order valence-electron chi connectivity index (χ0n) is 18.5. The first kappa shape index (κ1) is 25.3. The summed E-state index contributed by atoms with van der Waals surface area (Å²) in [6, 6.07) is 11.6. The Morgan fingerprint density at radius 3 is 2.06 bits per heavy atom. The second kappa shape index (κ2) is 10.1. The van der Waals surface area contributed by atoms with Crippen LogP contribution >= 0.6 is 0 Å². The summed E-state index contributed by atoms with van der Waals surface area (Å²) in [5.41, 5.74) is -0.612. The van der Waals surface area contributed by atoms with Crippen LogP contribution in [-0.4, -0.2) is 38.8 Å². The molecule has 0 aliphatic heterocycles. The number of rotatable bonds is 7. The number of nitrogens with one attached hydrogen (secondary N) is 1. The number of benzene rings is 2. The van der Waals surface area contributed by atoms with E-state index in [1.165, 1.54) is 43.5 Å². The highest BCUT2D eigenvalue weighted by atomic mass is 32.2. The molecule has 0 aromatic heterocycles. The number of ether oxygens (including phenoxy) is 2. The summed E-state index contributed by atoms with van der Waals surface area (Å²) in [4.78, 5) is 14.6. The number of hydrazine groups is 1. The van der Waals surface area contributed by atoms with Crippen LogP contribution in [0.2, 0.25) is 0 Å². The van der Waals surface area contributed by atoms with Crippen LogP contribution in [0.4, 0.5) is 13.6 Å². The van der Waals surface area contributed by atoms with Crippen molar-refractivity contribution in [2.45, 2.75) is 38.2 Å². The molecule has 0 aliphatic rings. The third-order valence-electron chi connectivity index (χ3n) is 4.16. The van der Waals surface area contributed by atoms with Gasteiger partial charge in [0.1, 0.15) is 11.4 Å². The summed E-state index contributed by atoms with van der Waals surface area (Å²) in [7, 11) is -2.82. The van der Waals surface area contributed by atoms with Gasteiger partial charge < -0.3 is 9.47 Å². The second-order valence-corrected chi connectivity index (χ2v) is 9.60. The second-order valence-electron chi connectivity index (χ2n) is 7.94. The van der Waals surface area contributed by atoms with Crippen molar-refractivity contribution in [3.8, 4) is 5.75 Å². The van der Waals surface area contributed by atoms with Gasteiger partial charge in [0.05, 0.1) is 18.6 Å². The van der Waals surface area contributed by atoms with Gasteiger partial charge in [0, 0.05) is 5.57 Å². The monoisotopic (exact) mass is 468 g/mol. The van der Waals surface area contributed by atoms with Crippen LogP contribution in [0.15, 0.2) is 59.5 Å². The quantitative estimate of drug-likeness (QED) is 0.593. The highest BCUT2D eigenvalue weighted by Gasteiger charge is 2.29. The number of carbonyl (C=O) groups excluding carboxylic acids is 1. The van der Waals surface area contributed by atoms with Crippen LogP contribution < -0.4 is 9.57 Å². The lowest BCUT2D eigenvalue weighted by atomic mass is 10.1. The van der Waals surface area contributed by atoms with E-state index in [1.54, 1.807) is 39.8 Å². The van der Waals surface area contributed by atoms with E-state index >= 15 is 0 Å². The Kier molecular flexibility index (Phi) is 7.97. The summed E-state index contributed by atoms with van der Waals surface area (Å²) >= 11 is 0.